The Morgan fingerprint density at radius 1 is 0.745 bits per heavy atom. The molecule has 5 aromatic carbocycles. The quantitative estimate of drug-likeness (QED) is 0.0889. The standard InChI is InChI=1S/C43H42NO7/c1-50-42-21-27(13-15-38(42)46)20-36(30-10-6-11-34(45)23-30)41(49)25-40(48)33(19-28-17-18-44-26-28)22-32-14-16-39(47)43(51-2)37(32)24-31-9-5-8-29-7-3-4-12-35(29)31/h3-18,21,23,26,33,36,40,45-48H,19-20,22,24-25H2,1-2H3/q-1. The lowest BCUT2D eigenvalue weighted by Gasteiger charge is -2.27. The van der Waals surface area contributed by atoms with Crippen molar-refractivity contribution in [3.63, 3.8) is 0 Å². The van der Waals surface area contributed by atoms with Gasteiger partial charge in [-0.15, -0.1) is 0 Å². The third-order valence-corrected chi connectivity index (χ3v) is 9.68. The van der Waals surface area contributed by atoms with Gasteiger partial charge in [-0.25, -0.2) is 0 Å². The van der Waals surface area contributed by atoms with Crippen LogP contribution < -0.4 is 14.5 Å². The molecule has 6 rings (SSSR count). The largest absolute Gasteiger partial charge is 0.670 e. The van der Waals surface area contributed by atoms with Gasteiger partial charge in [0.1, 0.15) is 11.5 Å². The first kappa shape index (κ1) is 35.1. The minimum absolute atomic E-state index is 0.00701. The molecular formula is C43H42NO7-. The van der Waals surface area contributed by atoms with E-state index >= 15 is 0 Å². The Morgan fingerprint density at radius 3 is 2.29 bits per heavy atom. The Bertz CT molecular complexity index is 2100. The maximum absolute atomic E-state index is 14.2. The maximum atomic E-state index is 14.2. The van der Waals surface area contributed by atoms with Gasteiger partial charge in [-0.3, -0.25) is 4.79 Å². The van der Waals surface area contributed by atoms with E-state index in [2.05, 4.69) is 29.2 Å². The van der Waals surface area contributed by atoms with Gasteiger partial charge in [0.05, 0.1) is 20.3 Å². The minimum atomic E-state index is -1.04. The summed E-state index contributed by atoms with van der Waals surface area (Å²) in [5.41, 5.74) is 5.11. The Kier molecular flexibility index (Phi) is 10.9. The number of aliphatic hydroxyl groups excluding tert-OH is 1. The van der Waals surface area contributed by atoms with Crippen LogP contribution in [0.15, 0.2) is 116 Å². The molecule has 0 saturated heterocycles. The number of fused-ring (bicyclic) bond motifs is 1. The van der Waals surface area contributed by atoms with E-state index in [-0.39, 0.29) is 35.9 Å². The first-order valence-corrected chi connectivity index (χ1v) is 17.0. The van der Waals surface area contributed by atoms with Crippen LogP contribution >= 0.6 is 0 Å². The zero-order valence-corrected chi connectivity index (χ0v) is 28.7. The number of phenolic OH excluding ortho intramolecular Hbond substituents is 3. The number of phenols is 3. The molecular weight excluding hydrogens is 642 g/mol. The maximum Gasteiger partial charge on any atom is 0.164 e. The number of ketones is 1. The molecule has 262 valence electrons. The number of hydrogen-bond donors (Lipinski definition) is 4. The zero-order valence-electron chi connectivity index (χ0n) is 28.7. The first-order chi connectivity index (χ1) is 24.7. The van der Waals surface area contributed by atoms with Crippen LogP contribution in [0.5, 0.6) is 28.7 Å². The number of nitrogens with zero attached hydrogens (tertiary/aromatic N) is 1. The number of aromatic hydroxyl groups is 3. The molecule has 8 heteroatoms. The molecule has 0 radical (unpaired) electrons. The fourth-order valence-corrected chi connectivity index (χ4v) is 7.04. The Morgan fingerprint density at radius 2 is 1.53 bits per heavy atom. The van der Waals surface area contributed by atoms with Crippen LogP contribution in [-0.2, 0) is 30.5 Å². The van der Waals surface area contributed by atoms with Crippen molar-refractivity contribution in [2.75, 3.05) is 14.2 Å². The molecule has 0 aliphatic rings. The summed E-state index contributed by atoms with van der Waals surface area (Å²) in [5, 5.41) is 45.5. The smallest absolute Gasteiger partial charge is 0.164 e. The summed E-state index contributed by atoms with van der Waals surface area (Å²) in [4.78, 5) is 18.5. The van der Waals surface area contributed by atoms with Crippen molar-refractivity contribution < 1.29 is 34.7 Å². The topological polar surface area (TPSA) is 131 Å². The summed E-state index contributed by atoms with van der Waals surface area (Å²) in [7, 11) is 3.00. The van der Waals surface area contributed by atoms with E-state index in [9.17, 15) is 25.2 Å². The lowest BCUT2D eigenvalue weighted by Crippen LogP contribution is -2.30. The Hall–Kier alpha value is -5.73. The molecule has 0 spiro atoms. The Labute approximate surface area is 297 Å². The van der Waals surface area contributed by atoms with Gasteiger partial charge >= 0.3 is 0 Å². The molecule has 0 bridgehead atoms. The number of hydrogen-bond acceptors (Lipinski definition) is 7. The molecule has 51 heavy (non-hydrogen) atoms. The second-order valence-corrected chi connectivity index (χ2v) is 13.0. The summed E-state index contributed by atoms with van der Waals surface area (Å²) in [5.74, 6) is -0.526. The van der Waals surface area contributed by atoms with E-state index < -0.39 is 17.9 Å². The second-order valence-electron chi connectivity index (χ2n) is 13.0. The van der Waals surface area contributed by atoms with Crippen molar-refractivity contribution in [2.24, 2.45) is 5.92 Å². The van der Waals surface area contributed by atoms with Crippen LogP contribution in [-0.4, -0.2) is 46.5 Å². The van der Waals surface area contributed by atoms with Crippen molar-refractivity contribution in [3.05, 3.63) is 149 Å². The van der Waals surface area contributed by atoms with Gasteiger partial charge in [0, 0.05) is 24.3 Å². The van der Waals surface area contributed by atoms with E-state index in [4.69, 9.17) is 9.47 Å². The SMILES string of the molecule is COc1cc(CC(C(=O)CC(O)C(Cc2cc[n-]c2)Cc2ccc(O)c(OC)c2Cc2cccc3ccccc23)c2cccc(O)c2)ccc1O. The third-order valence-electron chi connectivity index (χ3n) is 9.68. The number of methoxy groups -OCH3 is 2. The summed E-state index contributed by atoms with van der Waals surface area (Å²) >= 11 is 0. The highest BCUT2D eigenvalue weighted by Crippen LogP contribution is 2.38. The van der Waals surface area contributed by atoms with E-state index in [0.29, 0.717) is 36.3 Å². The molecule has 0 saturated carbocycles. The molecule has 0 amide bonds. The molecule has 1 heterocycles. The summed E-state index contributed by atoms with van der Waals surface area (Å²) in [6.45, 7) is 0. The summed E-state index contributed by atoms with van der Waals surface area (Å²) in [6.07, 6.45) is 3.94. The van der Waals surface area contributed by atoms with Gasteiger partial charge in [-0.05, 0) is 88.5 Å². The molecule has 8 nitrogen and oxygen atoms in total. The van der Waals surface area contributed by atoms with Crippen LogP contribution in [0.1, 0.15) is 45.7 Å². The van der Waals surface area contributed by atoms with Gasteiger partial charge in [0.15, 0.2) is 23.0 Å². The number of rotatable bonds is 15. The molecule has 6 aromatic rings. The number of carbonyl (C=O) groups is 1. The number of carbonyl (C=O) groups excluding carboxylic acids is 1. The molecule has 0 fully saturated rings. The Balaban J connectivity index is 1.32. The molecule has 3 unspecified atom stereocenters. The van der Waals surface area contributed by atoms with Gasteiger partial charge < -0.3 is 34.9 Å². The third kappa shape index (κ3) is 8.19. The number of benzene rings is 5. The van der Waals surface area contributed by atoms with Crippen LogP contribution in [0.3, 0.4) is 0 Å². The van der Waals surface area contributed by atoms with Crippen LogP contribution in [0.2, 0.25) is 0 Å². The van der Waals surface area contributed by atoms with Crippen molar-refractivity contribution in [3.8, 4) is 28.7 Å². The highest BCUT2D eigenvalue weighted by molar-refractivity contribution is 5.87. The summed E-state index contributed by atoms with van der Waals surface area (Å²) < 4.78 is 11.1. The molecule has 0 aliphatic carbocycles. The fraction of sp³-hybridized carbons (Fsp3) is 0.233. The minimum Gasteiger partial charge on any atom is -0.670 e. The lowest BCUT2D eigenvalue weighted by molar-refractivity contribution is -0.123. The summed E-state index contributed by atoms with van der Waals surface area (Å²) in [6, 6.07) is 31.3. The van der Waals surface area contributed by atoms with Gasteiger partial charge in [0.2, 0.25) is 0 Å². The molecule has 1 aromatic heterocycles. The number of ether oxygens (including phenoxy) is 2. The number of aliphatic hydroxyl groups is 1. The average molecular weight is 685 g/mol. The van der Waals surface area contributed by atoms with Crippen molar-refractivity contribution >= 4 is 16.6 Å². The van der Waals surface area contributed by atoms with Crippen LogP contribution in [0.25, 0.3) is 10.8 Å². The van der Waals surface area contributed by atoms with Gasteiger partial charge in [0.25, 0.3) is 0 Å². The van der Waals surface area contributed by atoms with Crippen molar-refractivity contribution in [2.45, 2.75) is 44.1 Å². The van der Waals surface area contributed by atoms with E-state index in [1.54, 1.807) is 54.9 Å². The predicted molar refractivity (Wildman–Crippen MR) is 197 cm³/mol. The first-order valence-electron chi connectivity index (χ1n) is 17.0. The van der Waals surface area contributed by atoms with Gasteiger partial charge in [-0.2, -0.15) is 12.4 Å². The number of aromatic nitrogens is 1. The monoisotopic (exact) mass is 684 g/mol. The lowest BCUT2D eigenvalue weighted by atomic mass is 9.80. The molecule has 4 N–H and O–H groups in total. The zero-order chi connectivity index (χ0) is 35.9. The van der Waals surface area contributed by atoms with Gasteiger partial charge in [-0.1, -0.05) is 78.4 Å². The second kappa shape index (κ2) is 15.9. The van der Waals surface area contributed by atoms with Crippen molar-refractivity contribution in [1.82, 2.24) is 4.98 Å². The predicted octanol–water partition coefficient (Wildman–Crippen LogP) is 7.27. The fourth-order valence-electron chi connectivity index (χ4n) is 7.04. The molecule has 3 atom stereocenters. The average Bonchev–Trinajstić information content (AvgIpc) is 3.65. The highest BCUT2D eigenvalue weighted by Gasteiger charge is 2.30. The van der Waals surface area contributed by atoms with E-state index in [0.717, 1.165) is 38.6 Å². The highest BCUT2D eigenvalue weighted by atomic mass is 16.5. The number of Topliss-reactive ketones (excluding diaryl/α,β-unsaturated/α-hetero) is 1. The van der Waals surface area contributed by atoms with Crippen molar-refractivity contribution in [1.29, 1.82) is 0 Å². The van der Waals surface area contributed by atoms with E-state index in [1.165, 1.54) is 20.3 Å². The molecule has 0 aliphatic heterocycles. The normalized spacial score (nSPS) is 13.1. The van der Waals surface area contributed by atoms with E-state index in [1.807, 2.05) is 30.3 Å². The van der Waals surface area contributed by atoms with Crippen LogP contribution in [0, 0.1) is 5.92 Å². The van der Waals surface area contributed by atoms with Crippen LogP contribution in [0.4, 0.5) is 0 Å².